The molecule has 0 aromatic heterocycles. The molecule has 68 valence electrons. The average molecular weight is 179 g/mol. The largest absolute Gasteiger partial charge is 0.384 e. The van der Waals surface area contributed by atoms with Gasteiger partial charge in [-0.15, -0.1) is 0 Å². The molecule has 0 rings (SSSR count). The number of nitrogens with two attached hydrogens (primary N) is 1. The SMILES string of the molecule is CCC(CN)S(=O)CCOC. The van der Waals surface area contributed by atoms with Crippen LogP contribution in [0.4, 0.5) is 0 Å². The van der Waals surface area contributed by atoms with Crippen molar-refractivity contribution in [3.05, 3.63) is 0 Å². The molecular weight excluding hydrogens is 162 g/mol. The minimum absolute atomic E-state index is 0.144. The van der Waals surface area contributed by atoms with Gasteiger partial charge in [0.1, 0.15) is 0 Å². The Balaban J connectivity index is 3.61. The highest BCUT2D eigenvalue weighted by Crippen LogP contribution is 1.99. The predicted molar refractivity (Wildman–Crippen MR) is 48.0 cm³/mol. The second kappa shape index (κ2) is 6.76. The van der Waals surface area contributed by atoms with Crippen LogP contribution in [-0.4, -0.2) is 35.5 Å². The van der Waals surface area contributed by atoms with E-state index in [1.807, 2.05) is 6.92 Å². The van der Waals surface area contributed by atoms with Gasteiger partial charge in [0.25, 0.3) is 0 Å². The Morgan fingerprint density at radius 3 is 2.64 bits per heavy atom. The van der Waals surface area contributed by atoms with Crippen LogP contribution in [0, 0.1) is 0 Å². The summed E-state index contributed by atoms with van der Waals surface area (Å²) in [5.74, 6) is 0.603. The van der Waals surface area contributed by atoms with E-state index >= 15 is 0 Å². The van der Waals surface area contributed by atoms with Gasteiger partial charge in [-0.2, -0.15) is 0 Å². The molecule has 2 unspecified atom stereocenters. The highest BCUT2D eigenvalue weighted by Gasteiger charge is 2.11. The van der Waals surface area contributed by atoms with Crippen LogP contribution in [0.5, 0.6) is 0 Å². The van der Waals surface area contributed by atoms with Crippen molar-refractivity contribution in [1.29, 1.82) is 0 Å². The fourth-order valence-corrected chi connectivity index (χ4v) is 2.04. The summed E-state index contributed by atoms with van der Waals surface area (Å²) in [7, 11) is 0.804. The fraction of sp³-hybridized carbons (Fsp3) is 1.00. The van der Waals surface area contributed by atoms with E-state index < -0.39 is 10.8 Å². The summed E-state index contributed by atoms with van der Waals surface area (Å²) in [5, 5.41) is 0.144. The van der Waals surface area contributed by atoms with Crippen LogP contribution in [0.25, 0.3) is 0 Å². The summed E-state index contributed by atoms with van der Waals surface area (Å²) in [5.41, 5.74) is 5.42. The molecule has 0 bridgehead atoms. The topological polar surface area (TPSA) is 52.3 Å². The molecule has 0 aliphatic heterocycles. The Morgan fingerprint density at radius 2 is 2.27 bits per heavy atom. The monoisotopic (exact) mass is 179 g/mol. The van der Waals surface area contributed by atoms with Crippen LogP contribution in [0.15, 0.2) is 0 Å². The molecule has 2 N–H and O–H groups in total. The molecule has 4 heteroatoms. The molecule has 0 saturated carbocycles. The molecule has 11 heavy (non-hydrogen) atoms. The van der Waals surface area contributed by atoms with Gasteiger partial charge in [-0.3, -0.25) is 4.21 Å². The van der Waals surface area contributed by atoms with Crippen molar-refractivity contribution in [2.75, 3.05) is 26.0 Å². The van der Waals surface area contributed by atoms with E-state index in [-0.39, 0.29) is 5.25 Å². The van der Waals surface area contributed by atoms with Gasteiger partial charge in [-0.05, 0) is 6.42 Å². The minimum Gasteiger partial charge on any atom is -0.384 e. The van der Waals surface area contributed by atoms with Gasteiger partial charge in [-0.25, -0.2) is 0 Å². The second-order valence-corrected chi connectivity index (χ2v) is 4.18. The molecule has 0 heterocycles. The van der Waals surface area contributed by atoms with Gasteiger partial charge < -0.3 is 10.5 Å². The molecule has 0 saturated heterocycles. The Hall–Kier alpha value is 0.0700. The Labute approximate surface area is 70.8 Å². The van der Waals surface area contributed by atoms with E-state index in [1.54, 1.807) is 7.11 Å². The van der Waals surface area contributed by atoms with Crippen molar-refractivity contribution in [3.63, 3.8) is 0 Å². The molecule has 0 fully saturated rings. The zero-order chi connectivity index (χ0) is 8.69. The first-order valence-corrected chi connectivity index (χ1v) is 5.20. The van der Waals surface area contributed by atoms with E-state index in [2.05, 4.69) is 0 Å². The smallest absolute Gasteiger partial charge is 0.0577 e. The molecule has 3 nitrogen and oxygen atoms in total. The highest BCUT2D eigenvalue weighted by atomic mass is 32.2. The molecule has 0 aliphatic carbocycles. The predicted octanol–water partition coefficient (Wildman–Crippen LogP) is 0.119. The van der Waals surface area contributed by atoms with E-state index in [1.165, 1.54) is 0 Å². The molecule has 0 aliphatic rings. The first-order chi connectivity index (χ1) is 5.26. The maximum absolute atomic E-state index is 11.3. The van der Waals surface area contributed by atoms with Crippen LogP contribution >= 0.6 is 0 Å². The minimum atomic E-state index is -0.808. The third-order valence-electron chi connectivity index (χ3n) is 1.58. The van der Waals surface area contributed by atoms with Crippen molar-refractivity contribution < 1.29 is 8.95 Å². The summed E-state index contributed by atoms with van der Waals surface area (Å²) in [6.45, 7) is 3.07. The number of rotatable bonds is 6. The molecule has 0 radical (unpaired) electrons. The van der Waals surface area contributed by atoms with E-state index in [0.717, 1.165) is 6.42 Å². The lowest BCUT2D eigenvalue weighted by Crippen LogP contribution is -2.27. The van der Waals surface area contributed by atoms with Crippen LogP contribution < -0.4 is 5.73 Å². The van der Waals surface area contributed by atoms with E-state index in [4.69, 9.17) is 10.5 Å². The summed E-state index contributed by atoms with van der Waals surface area (Å²) in [4.78, 5) is 0. The van der Waals surface area contributed by atoms with Crippen LogP contribution in [0.2, 0.25) is 0 Å². The number of ether oxygens (including phenoxy) is 1. The van der Waals surface area contributed by atoms with Crippen molar-refractivity contribution in [2.24, 2.45) is 5.73 Å². The van der Waals surface area contributed by atoms with Crippen molar-refractivity contribution in [1.82, 2.24) is 0 Å². The van der Waals surface area contributed by atoms with Crippen molar-refractivity contribution in [3.8, 4) is 0 Å². The van der Waals surface area contributed by atoms with E-state index in [9.17, 15) is 4.21 Å². The van der Waals surface area contributed by atoms with Crippen LogP contribution in [-0.2, 0) is 15.5 Å². The lowest BCUT2D eigenvalue weighted by molar-refractivity contribution is 0.218. The van der Waals surface area contributed by atoms with Crippen molar-refractivity contribution >= 4 is 10.8 Å². The first-order valence-electron chi connectivity index (χ1n) is 3.82. The Kier molecular flexibility index (Phi) is 6.80. The number of hydrogen-bond donors (Lipinski definition) is 1. The molecule has 0 spiro atoms. The van der Waals surface area contributed by atoms with Gasteiger partial charge in [-0.1, -0.05) is 6.92 Å². The lowest BCUT2D eigenvalue weighted by atomic mass is 10.3. The first kappa shape index (κ1) is 11.1. The van der Waals surface area contributed by atoms with Crippen LogP contribution in [0.3, 0.4) is 0 Å². The normalized spacial score (nSPS) is 16.3. The summed E-state index contributed by atoms with van der Waals surface area (Å²) in [6, 6.07) is 0. The zero-order valence-corrected chi connectivity index (χ0v) is 8.02. The number of hydrogen-bond acceptors (Lipinski definition) is 3. The Bertz CT molecular complexity index is 115. The lowest BCUT2D eigenvalue weighted by Gasteiger charge is -2.10. The summed E-state index contributed by atoms with van der Waals surface area (Å²) in [6.07, 6.45) is 0.882. The maximum Gasteiger partial charge on any atom is 0.0577 e. The van der Waals surface area contributed by atoms with Gasteiger partial charge in [0, 0.05) is 35.5 Å². The molecule has 0 amide bonds. The molecule has 2 atom stereocenters. The Morgan fingerprint density at radius 1 is 1.64 bits per heavy atom. The molecule has 0 aromatic carbocycles. The molecular formula is C7H17NO2S. The van der Waals surface area contributed by atoms with Gasteiger partial charge in [0.05, 0.1) is 6.61 Å². The molecule has 0 aromatic rings. The summed E-state index contributed by atoms with van der Waals surface area (Å²) >= 11 is 0. The highest BCUT2D eigenvalue weighted by molar-refractivity contribution is 7.85. The van der Waals surface area contributed by atoms with E-state index in [0.29, 0.717) is 18.9 Å². The second-order valence-electron chi connectivity index (χ2n) is 2.34. The van der Waals surface area contributed by atoms with Crippen molar-refractivity contribution in [2.45, 2.75) is 18.6 Å². The van der Waals surface area contributed by atoms with Gasteiger partial charge in [0.2, 0.25) is 0 Å². The fourth-order valence-electron chi connectivity index (χ4n) is 0.792. The number of methoxy groups -OCH3 is 1. The quantitative estimate of drug-likeness (QED) is 0.630. The average Bonchev–Trinajstić information content (AvgIpc) is 2.03. The van der Waals surface area contributed by atoms with Gasteiger partial charge >= 0.3 is 0 Å². The van der Waals surface area contributed by atoms with Crippen LogP contribution in [0.1, 0.15) is 13.3 Å². The third-order valence-corrected chi connectivity index (χ3v) is 3.42. The third kappa shape index (κ3) is 4.50. The standard InChI is InChI=1S/C7H17NO2S/c1-3-7(6-8)11(9)5-4-10-2/h7H,3-6,8H2,1-2H3. The zero-order valence-electron chi connectivity index (χ0n) is 7.21. The maximum atomic E-state index is 11.3. The van der Waals surface area contributed by atoms with Gasteiger partial charge in [0.15, 0.2) is 0 Å². The summed E-state index contributed by atoms with van der Waals surface area (Å²) < 4.78 is 16.1.